The van der Waals surface area contributed by atoms with E-state index in [1.54, 1.807) is 7.11 Å². The Kier molecular flexibility index (Phi) is 4.54. The number of methoxy groups -OCH3 is 1. The van der Waals surface area contributed by atoms with Gasteiger partial charge in [-0.2, -0.15) is 0 Å². The Balaban J connectivity index is 1.50. The first-order chi connectivity index (χ1) is 10.3. The molecule has 2 aliphatic rings. The highest BCUT2D eigenvalue weighted by atomic mass is 16.5. The molecule has 0 radical (unpaired) electrons. The van der Waals surface area contributed by atoms with Crippen molar-refractivity contribution in [3.8, 4) is 5.75 Å². The second-order valence-electron chi connectivity index (χ2n) is 7.05. The summed E-state index contributed by atoms with van der Waals surface area (Å²) in [5.41, 5.74) is 2.00. The van der Waals surface area contributed by atoms with Crippen LogP contribution in [0.5, 0.6) is 5.75 Å². The Morgan fingerprint density at radius 1 is 1.19 bits per heavy atom. The van der Waals surface area contributed by atoms with Crippen LogP contribution >= 0.6 is 0 Å². The van der Waals surface area contributed by atoms with E-state index in [1.807, 2.05) is 0 Å². The highest BCUT2D eigenvalue weighted by molar-refractivity contribution is 5.37. The van der Waals surface area contributed by atoms with Crippen LogP contribution in [0.25, 0.3) is 0 Å². The van der Waals surface area contributed by atoms with Gasteiger partial charge in [0, 0.05) is 12.6 Å². The highest BCUT2D eigenvalue weighted by Gasteiger charge is 2.36. The molecule has 2 nitrogen and oxygen atoms in total. The molecule has 0 bridgehead atoms. The number of rotatable bonds is 6. The Hall–Kier alpha value is -1.02. The molecule has 116 valence electrons. The van der Waals surface area contributed by atoms with Crippen molar-refractivity contribution in [2.75, 3.05) is 13.7 Å². The fourth-order valence-electron chi connectivity index (χ4n) is 4.18. The predicted molar refractivity (Wildman–Crippen MR) is 88.0 cm³/mol. The van der Waals surface area contributed by atoms with E-state index in [4.69, 9.17) is 4.74 Å². The third-order valence-electron chi connectivity index (χ3n) is 5.90. The summed E-state index contributed by atoms with van der Waals surface area (Å²) in [4.78, 5) is 0. The van der Waals surface area contributed by atoms with Gasteiger partial charge >= 0.3 is 0 Å². The van der Waals surface area contributed by atoms with Crippen LogP contribution in [0.2, 0.25) is 0 Å². The fourth-order valence-corrected chi connectivity index (χ4v) is 4.18. The van der Waals surface area contributed by atoms with Gasteiger partial charge in [-0.05, 0) is 55.1 Å². The van der Waals surface area contributed by atoms with Gasteiger partial charge in [0.2, 0.25) is 0 Å². The first-order valence-corrected chi connectivity index (χ1v) is 8.62. The van der Waals surface area contributed by atoms with Crippen LogP contribution in [0.1, 0.15) is 63.4 Å². The molecule has 0 heterocycles. The standard InChI is InChI=1S/C19H29NO/c1-3-19(10-6-7-11-19)14-20-16-12-15(13-16)17-8-4-5-9-18(17)21-2/h4-5,8-9,15-16,20H,3,6-7,10-14H2,1-2H3. The van der Waals surface area contributed by atoms with Gasteiger partial charge in [-0.25, -0.2) is 0 Å². The van der Waals surface area contributed by atoms with E-state index in [1.165, 1.54) is 57.1 Å². The summed E-state index contributed by atoms with van der Waals surface area (Å²) in [7, 11) is 1.78. The van der Waals surface area contributed by atoms with Gasteiger partial charge in [0.1, 0.15) is 5.75 Å². The van der Waals surface area contributed by atoms with Crippen LogP contribution < -0.4 is 10.1 Å². The SMILES string of the molecule is CCC1(CNC2CC(c3ccccc3OC)C2)CCCC1. The van der Waals surface area contributed by atoms with Crippen LogP contribution in [0.3, 0.4) is 0 Å². The van der Waals surface area contributed by atoms with Crippen molar-refractivity contribution in [3.63, 3.8) is 0 Å². The van der Waals surface area contributed by atoms with Crippen molar-refractivity contribution in [2.45, 2.75) is 63.8 Å². The highest BCUT2D eigenvalue weighted by Crippen LogP contribution is 2.43. The molecule has 1 aromatic rings. The summed E-state index contributed by atoms with van der Waals surface area (Å²) in [6.45, 7) is 3.60. The lowest BCUT2D eigenvalue weighted by atomic mass is 9.74. The summed E-state index contributed by atoms with van der Waals surface area (Å²) in [5.74, 6) is 1.74. The lowest BCUT2D eigenvalue weighted by Crippen LogP contribution is -2.44. The van der Waals surface area contributed by atoms with Gasteiger partial charge in [-0.1, -0.05) is 38.0 Å². The van der Waals surface area contributed by atoms with Gasteiger partial charge in [-0.3, -0.25) is 0 Å². The molecule has 2 aliphatic carbocycles. The molecule has 0 unspecified atom stereocenters. The molecule has 0 amide bonds. The molecule has 0 atom stereocenters. The maximum atomic E-state index is 5.49. The number of hydrogen-bond acceptors (Lipinski definition) is 2. The Morgan fingerprint density at radius 3 is 2.57 bits per heavy atom. The van der Waals surface area contributed by atoms with E-state index in [0.717, 1.165) is 5.75 Å². The Bertz CT molecular complexity index is 458. The molecule has 2 saturated carbocycles. The fraction of sp³-hybridized carbons (Fsp3) is 0.684. The first kappa shape index (κ1) is 14.9. The number of ether oxygens (including phenoxy) is 1. The molecule has 21 heavy (non-hydrogen) atoms. The van der Waals surface area contributed by atoms with Crippen LogP contribution in [-0.2, 0) is 0 Å². The summed E-state index contributed by atoms with van der Waals surface area (Å²) >= 11 is 0. The summed E-state index contributed by atoms with van der Waals surface area (Å²) in [6, 6.07) is 9.21. The molecule has 0 saturated heterocycles. The largest absolute Gasteiger partial charge is 0.496 e. The van der Waals surface area contributed by atoms with E-state index in [9.17, 15) is 0 Å². The minimum atomic E-state index is 0.607. The topological polar surface area (TPSA) is 21.3 Å². The van der Waals surface area contributed by atoms with Crippen molar-refractivity contribution in [3.05, 3.63) is 29.8 Å². The number of para-hydroxylation sites is 1. The zero-order valence-electron chi connectivity index (χ0n) is 13.5. The lowest BCUT2D eigenvalue weighted by Gasteiger charge is -2.39. The van der Waals surface area contributed by atoms with Gasteiger partial charge in [0.15, 0.2) is 0 Å². The lowest BCUT2D eigenvalue weighted by molar-refractivity contribution is 0.211. The van der Waals surface area contributed by atoms with Crippen molar-refractivity contribution in [2.24, 2.45) is 5.41 Å². The van der Waals surface area contributed by atoms with E-state index >= 15 is 0 Å². The number of benzene rings is 1. The normalized spacial score (nSPS) is 27.3. The van der Waals surface area contributed by atoms with E-state index < -0.39 is 0 Å². The van der Waals surface area contributed by atoms with Crippen LogP contribution in [0.4, 0.5) is 0 Å². The summed E-state index contributed by atoms with van der Waals surface area (Å²) in [5, 5.41) is 3.85. The second kappa shape index (κ2) is 6.39. The monoisotopic (exact) mass is 287 g/mol. The maximum Gasteiger partial charge on any atom is 0.122 e. The minimum Gasteiger partial charge on any atom is -0.496 e. The van der Waals surface area contributed by atoms with Crippen LogP contribution in [0.15, 0.2) is 24.3 Å². The molecule has 2 fully saturated rings. The quantitative estimate of drug-likeness (QED) is 0.831. The molecule has 0 spiro atoms. The second-order valence-corrected chi connectivity index (χ2v) is 7.05. The van der Waals surface area contributed by atoms with Gasteiger partial charge in [0.05, 0.1) is 7.11 Å². The molecule has 1 aromatic carbocycles. The van der Waals surface area contributed by atoms with Gasteiger partial charge < -0.3 is 10.1 Å². The smallest absolute Gasteiger partial charge is 0.122 e. The Morgan fingerprint density at radius 2 is 1.90 bits per heavy atom. The van der Waals surface area contributed by atoms with E-state index in [0.29, 0.717) is 17.4 Å². The van der Waals surface area contributed by atoms with E-state index in [2.05, 4.69) is 36.5 Å². The van der Waals surface area contributed by atoms with E-state index in [-0.39, 0.29) is 0 Å². The van der Waals surface area contributed by atoms with Crippen molar-refractivity contribution in [1.82, 2.24) is 5.32 Å². The van der Waals surface area contributed by atoms with Crippen LogP contribution in [-0.4, -0.2) is 19.7 Å². The number of hydrogen-bond donors (Lipinski definition) is 1. The molecule has 1 N–H and O–H groups in total. The molecular weight excluding hydrogens is 258 g/mol. The van der Waals surface area contributed by atoms with Crippen molar-refractivity contribution in [1.29, 1.82) is 0 Å². The minimum absolute atomic E-state index is 0.607. The third-order valence-corrected chi connectivity index (χ3v) is 5.90. The first-order valence-electron chi connectivity index (χ1n) is 8.62. The summed E-state index contributed by atoms with van der Waals surface area (Å²) in [6.07, 6.45) is 9.59. The average Bonchev–Trinajstić information content (AvgIpc) is 2.95. The zero-order valence-corrected chi connectivity index (χ0v) is 13.5. The Labute approximate surface area is 129 Å². The molecule has 0 aliphatic heterocycles. The maximum absolute atomic E-state index is 5.49. The van der Waals surface area contributed by atoms with Gasteiger partial charge in [0.25, 0.3) is 0 Å². The van der Waals surface area contributed by atoms with Crippen molar-refractivity contribution >= 4 is 0 Å². The molecular formula is C19H29NO. The number of nitrogens with one attached hydrogen (secondary N) is 1. The van der Waals surface area contributed by atoms with Crippen LogP contribution in [0, 0.1) is 5.41 Å². The molecule has 0 aromatic heterocycles. The summed E-state index contributed by atoms with van der Waals surface area (Å²) < 4.78 is 5.49. The molecule has 2 heteroatoms. The third kappa shape index (κ3) is 3.11. The van der Waals surface area contributed by atoms with Gasteiger partial charge in [-0.15, -0.1) is 0 Å². The zero-order chi connectivity index (χ0) is 14.7. The predicted octanol–water partition coefficient (Wildman–Crippen LogP) is 4.50. The van der Waals surface area contributed by atoms with Crippen molar-refractivity contribution < 1.29 is 4.74 Å². The average molecular weight is 287 g/mol. The molecule has 3 rings (SSSR count).